The fourth-order valence-electron chi connectivity index (χ4n) is 3.56. The van der Waals surface area contributed by atoms with E-state index in [2.05, 4.69) is 27.0 Å². The van der Waals surface area contributed by atoms with E-state index in [1.165, 1.54) is 18.4 Å². The molecular weight excluding hydrogens is 378 g/mol. The first-order valence-electron chi connectivity index (χ1n) is 9.41. The molecule has 4 rings (SSSR count). The molecule has 3 heterocycles. The highest BCUT2D eigenvalue weighted by Crippen LogP contribution is 2.32. The van der Waals surface area contributed by atoms with Crippen molar-refractivity contribution in [3.63, 3.8) is 0 Å². The molecule has 0 aliphatic carbocycles. The summed E-state index contributed by atoms with van der Waals surface area (Å²) in [6.45, 7) is 2.92. The predicted molar refractivity (Wildman–Crippen MR) is 105 cm³/mol. The zero-order valence-corrected chi connectivity index (χ0v) is 16.3. The van der Waals surface area contributed by atoms with Crippen LogP contribution in [0.15, 0.2) is 35.0 Å². The van der Waals surface area contributed by atoms with Gasteiger partial charge in [-0.05, 0) is 66.0 Å². The zero-order chi connectivity index (χ0) is 19.3. The summed E-state index contributed by atoms with van der Waals surface area (Å²) in [6.07, 6.45) is 2.34. The van der Waals surface area contributed by atoms with Crippen LogP contribution in [0.4, 0.5) is 0 Å². The van der Waals surface area contributed by atoms with E-state index in [-0.39, 0.29) is 19.4 Å². The van der Waals surface area contributed by atoms with Crippen molar-refractivity contribution in [1.29, 1.82) is 0 Å². The molecule has 2 aromatic rings. The maximum atomic E-state index is 12.3. The number of likely N-dealkylation sites (tertiary alicyclic amines) is 1. The summed E-state index contributed by atoms with van der Waals surface area (Å²) in [4.78, 5) is 26.8. The van der Waals surface area contributed by atoms with E-state index in [0.717, 1.165) is 18.7 Å². The van der Waals surface area contributed by atoms with Crippen molar-refractivity contribution in [3.05, 3.63) is 46.2 Å². The molecule has 7 nitrogen and oxygen atoms in total. The second-order valence-electron chi connectivity index (χ2n) is 6.90. The van der Waals surface area contributed by atoms with Crippen molar-refractivity contribution < 1.29 is 19.1 Å². The number of amides is 2. The fraction of sp³-hybridized carbons (Fsp3) is 0.400. The summed E-state index contributed by atoms with van der Waals surface area (Å²) in [5.74, 6) is 0.0953. The van der Waals surface area contributed by atoms with Crippen molar-refractivity contribution in [2.45, 2.75) is 25.4 Å². The van der Waals surface area contributed by atoms with Gasteiger partial charge >= 0.3 is 11.8 Å². The molecule has 2 aliphatic heterocycles. The quantitative estimate of drug-likeness (QED) is 0.725. The van der Waals surface area contributed by atoms with Gasteiger partial charge in [0.1, 0.15) is 0 Å². The lowest BCUT2D eigenvalue weighted by atomic mass is 10.1. The number of nitrogens with one attached hydrogen (secondary N) is 2. The maximum absolute atomic E-state index is 12.3. The topological polar surface area (TPSA) is 79.9 Å². The molecular formula is C20H23N3O4S. The van der Waals surface area contributed by atoms with E-state index < -0.39 is 11.8 Å². The number of thiophene rings is 1. The number of hydrogen-bond acceptors (Lipinski definition) is 6. The molecule has 1 aromatic heterocycles. The SMILES string of the molecule is O=C(NCc1ccc2c(c1)OCO2)C(=O)NC[C@@H](c1ccsc1)N1CCCC1. The second kappa shape index (κ2) is 8.62. The molecule has 2 amide bonds. The van der Waals surface area contributed by atoms with E-state index in [0.29, 0.717) is 18.0 Å². The van der Waals surface area contributed by atoms with Crippen LogP contribution in [0.5, 0.6) is 11.5 Å². The number of benzene rings is 1. The normalized spacial score (nSPS) is 16.7. The van der Waals surface area contributed by atoms with Crippen LogP contribution in [0.3, 0.4) is 0 Å². The predicted octanol–water partition coefficient (Wildman–Crippen LogP) is 2.05. The molecule has 1 aromatic carbocycles. The Morgan fingerprint density at radius 2 is 1.86 bits per heavy atom. The highest BCUT2D eigenvalue weighted by Gasteiger charge is 2.25. The summed E-state index contributed by atoms with van der Waals surface area (Å²) in [7, 11) is 0. The highest BCUT2D eigenvalue weighted by molar-refractivity contribution is 7.08. The Bertz CT molecular complexity index is 834. The van der Waals surface area contributed by atoms with Gasteiger partial charge in [0.05, 0.1) is 6.04 Å². The Kier molecular flexibility index (Phi) is 5.78. The summed E-state index contributed by atoms with van der Waals surface area (Å²) < 4.78 is 10.6. The smallest absolute Gasteiger partial charge is 0.309 e. The van der Waals surface area contributed by atoms with Gasteiger partial charge in [-0.25, -0.2) is 0 Å². The average molecular weight is 401 g/mol. The van der Waals surface area contributed by atoms with Gasteiger partial charge in [0.25, 0.3) is 0 Å². The monoisotopic (exact) mass is 401 g/mol. The van der Waals surface area contributed by atoms with E-state index >= 15 is 0 Å². The van der Waals surface area contributed by atoms with Gasteiger partial charge in [-0.15, -0.1) is 0 Å². The fourth-order valence-corrected chi connectivity index (χ4v) is 4.27. The van der Waals surface area contributed by atoms with Gasteiger partial charge in [0, 0.05) is 13.1 Å². The lowest BCUT2D eigenvalue weighted by Gasteiger charge is -2.27. The molecule has 0 bridgehead atoms. The summed E-state index contributed by atoms with van der Waals surface area (Å²) >= 11 is 1.64. The number of nitrogens with zero attached hydrogens (tertiary/aromatic N) is 1. The summed E-state index contributed by atoms with van der Waals surface area (Å²) in [5, 5.41) is 9.60. The standard InChI is InChI=1S/C20H23N3O4S/c24-19(21-10-14-3-4-17-18(9-14)27-13-26-17)20(25)22-11-16(15-5-8-28-12-15)23-6-1-2-7-23/h3-5,8-9,12,16H,1-2,6-7,10-11,13H2,(H,21,24)(H,22,25)/t16-/m0/s1. The van der Waals surface area contributed by atoms with E-state index in [9.17, 15) is 9.59 Å². The number of hydrogen-bond donors (Lipinski definition) is 2. The third-order valence-electron chi connectivity index (χ3n) is 5.06. The van der Waals surface area contributed by atoms with Crippen LogP contribution in [0.25, 0.3) is 0 Å². The Labute approximate surface area is 167 Å². The largest absolute Gasteiger partial charge is 0.454 e. The highest BCUT2D eigenvalue weighted by atomic mass is 32.1. The van der Waals surface area contributed by atoms with Crippen molar-refractivity contribution in [3.8, 4) is 11.5 Å². The molecule has 1 saturated heterocycles. The minimum atomic E-state index is -0.636. The third-order valence-corrected chi connectivity index (χ3v) is 5.76. The van der Waals surface area contributed by atoms with Gasteiger partial charge in [0.2, 0.25) is 6.79 Å². The van der Waals surface area contributed by atoms with Gasteiger partial charge in [-0.2, -0.15) is 11.3 Å². The molecule has 148 valence electrons. The number of fused-ring (bicyclic) bond motifs is 1. The van der Waals surface area contributed by atoms with Crippen molar-refractivity contribution >= 4 is 23.2 Å². The molecule has 1 fully saturated rings. The molecule has 8 heteroatoms. The lowest BCUT2D eigenvalue weighted by molar-refractivity contribution is -0.139. The van der Waals surface area contributed by atoms with Crippen LogP contribution in [0.2, 0.25) is 0 Å². The molecule has 0 spiro atoms. The molecule has 0 saturated carbocycles. The minimum Gasteiger partial charge on any atom is -0.454 e. The van der Waals surface area contributed by atoms with Crippen molar-refractivity contribution in [1.82, 2.24) is 15.5 Å². The maximum Gasteiger partial charge on any atom is 0.309 e. The van der Waals surface area contributed by atoms with Gasteiger partial charge in [-0.3, -0.25) is 14.5 Å². The van der Waals surface area contributed by atoms with Crippen LogP contribution in [-0.4, -0.2) is 43.1 Å². The van der Waals surface area contributed by atoms with Gasteiger partial charge in [-0.1, -0.05) is 6.07 Å². The first kappa shape index (κ1) is 18.8. The average Bonchev–Trinajstić information content (AvgIpc) is 3.48. The Morgan fingerprint density at radius 1 is 1.07 bits per heavy atom. The number of ether oxygens (including phenoxy) is 2. The summed E-state index contributed by atoms with van der Waals surface area (Å²) in [5.41, 5.74) is 2.03. The van der Waals surface area contributed by atoms with Crippen molar-refractivity contribution in [2.75, 3.05) is 26.4 Å². The van der Waals surface area contributed by atoms with Crippen LogP contribution in [0.1, 0.15) is 30.0 Å². The lowest BCUT2D eigenvalue weighted by Crippen LogP contribution is -2.43. The van der Waals surface area contributed by atoms with Crippen molar-refractivity contribution in [2.24, 2.45) is 0 Å². The second-order valence-corrected chi connectivity index (χ2v) is 7.68. The Morgan fingerprint density at radius 3 is 2.64 bits per heavy atom. The number of rotatable bonds is 6. The van der Waals surface area contributed by atoms with Crippen LogP contribution >= 0.6 is 11.3 Å². The van der Waals surface area contributed by atoms with Crippen LogP contribution < -0.4 is 20.1 Å². The molecule has 28 heavy (non-hydrogen) atoms. The van der Waals surface area contributed by atoms with E-state index in [1.807, 2.05) is 11.4 Å². The minimum absolute atomic E-state index is 0.111. The van der Waals surface area contributed by atoms with E-state index in [1.54, 1.807) is 23.5 Å². The molecule has 1 atom stereocenters. The first-order chi connectivity index (χ1) is 13.7. The molecule has 0 radical (unpaired) electrons. The Balaban J connectivity index is 1.29. The Hall–Kier alpha value is -2.58. The van der Waals surface area contributed by atoms with Crippen LogP contribution in [0, 0.1) is 0 Å². The number of carbonyl (C=O) groups is 2. The zero-order valence-electron chi connectivity index (χ0n) is 15.5. The molecule has 0 unspecified atom stereocenters. The van der Waals surface area contributed by atoms with E-state index in [4.69, 9.17) is 9.47 Å². The first-order valence-corrected chi connectivity index (χ1v) is 10.4. The van der Waals surface area contributed by atoms with Gasteiger partial charge < -0.3 is 20.1 Å². The van der Waals surface area contributed by atoms with Gasteiger partial charge in [0.15, 0.2) is 11.5 Å². The molecule has 2 N–H and O–H groups in total. The third kappa shape index (κ3) is 4.28. The molecule has 2 aliphatic rings. The number of carbonyl (C=O) groups excluding carboxylic acids is 2. The van der Waals surface area contributed by atoms with Crippen LogP contribution in [-0.2, 0) is 16.1 Å². The summed E-state index contributed by atoms with van der Waals surface area (Å²) in [6, 6.07) is 7.64.